The van der Waals surface area contributed by atoms with Gasteiger partial charge in [0.05, 0.1) is 13.2 Å². The second kappa shape index (κ2) is 11.2. The largest absolute Gasteiger partial charge is 0.467 e. The van der Waals surface area contributed by atoms with E-state index in [-0.39, 0.29) is 24.8 Å². The first-order chi connectivity index (χ1) is 17.0. The summed E-state index contributed by atoms with van der Waals surface area (Å²) in [6, 6.07) is 11.1. The number of carbonyl (C=O) groups excluding carboxylic acids is 3. The van der Waals surface area contributed by atoms with Gasteiger partial charge in [-0.2, -0.15) is 0 Å². The predicted octanol–water partition coefficient (Wildman–Crippen LogP) is 4.36. The molecular weight excluding hydrogens is 446 g/mol. The first-order valence-electron chi connectivity index (χ1n) is 12.2. The molecule has 1 saturated carbocycles. The lowest BCUT2D eigenvalue weighted by Crippen LogP contribution is -2.52. The third kappa shape index (κ3) is 5.74. The average Bonchev–Trinajstić information content (AvgIpc) is 3.31. The molecule has 184 valence electrons. The number of esters is 1. The fourth-order valence-corrected chi connectivity index (χ4v) is 5.32. The fraction of sp³-hybridized carbons (Fsp3) is 0.500. The Morgan fingerprint density at radius 2 is 1.89 bits per heavy atom. The van der Waals surface area contributed by atoms with E-state index in [9.17, 15) is 14.4 Å². The lowest BCUT2D eigenvalue weighted by atomic mass is 9.84. The summed E-state index contributed by atoms with van der Waals surface area (Å²) < 4.78 is 4.91. The highest BCUT2D eigenvalue weighted by atomic mass is 16.5. The maximum Gasteiger partial charge on any atom is 0.328 e. The molecule has 1 aliphatic carbocycles. The van der Waals surface area contributed by atoms with Gasteiger partial charge in [-0.1, -0.05) is 67.6 Å². The van der Waals surface area contributed by atoms with Gasteiger partial charge >= 0.3 is 5.97 Å². The maximum atomic E-state index is 13.7. The molecule has 4 rings (SSSR count). The van der Waals surface area contributed by atoms with E-state index in [1.54, 1.807) is 6.07 Å². The molecule has 1 heterocycles. The molecule has 1 saturated heterocycles. The number of fused-ring (bicyclic) bond motifs is 1. The lowest BCUT2D eigenvalue weighted by Gasteiger charge is -2.31. The van der Waals surface area contributed by atoms with Crippen LogP contribution in [0.4, 0.5) is 0 Å². The molecule has 1 N–H and O–H groups in total. The molecule has 0 spiro atoms. The summed E-state index contributed by atoms with van der Waals surface area (Å²) in [5, 5.41) is 8.66. The first kappa shape index (κ1) is 24.5. The van der Waals surface area contributed by atoms with Crippen LogP contribution in [0.15, 0.2) is 47.6 Å². The van der Waals surface area contributed by atoms with Crippen LogP contribution >= 0.6 is 0 Å². The van der Waals surface area contributed by atoms with Gasteiger partial charge in [0, 0.05) is 17.0 Å². The summed E-state index contributed by atoms with van der Waals surface area (Å²) in [5.41, 5.74) is 9.34. The summed E-state index contributed by atoms with van der Waals surface area (Å²) >= 11 is 0. The first-order valence-corrected chi connectivity index (χ1v) is 12.2. The molecule has 0 radical (unpaired) electrons. The number of benzene rings is 2. The van der Waals surface area contributed by atoms with Crippen LogP contribution in [-0.4, -0.2) is 54.5 Å². The Morgan fingerprint density at radius 1 is 1.14 bits per heavy atom. The SMILES string of the molecule is COC(=O)[C@@H]1CC(N=[N+]=[N-])CN1C(=O)[C@@H](CC1CCCCC1)NC(=O)c1ccc2ccccc2c1. The van der Waals surface area contributed by atoms with E-state index in [4.69, 9.17) is 10.3 Å². The van der Waals surface area contributed by atoms with Crippen LogP contribution in [0.3, 0.4) is 0 Å². The summed E-state index contributed by atoms with van der Waals surface area (Å²) in [7, 11) is 1.27. The highest BCUT2D eigenvalue weighted by molar-refractivity contribution is 6.01. The minimum absolute atomic E-state index is 0.121. The number of azide groups is 1. The van der Waals surface area contributed by atoms with E-state index in [0.717, 1.165) is 36.5 Å². The molecule has 9 heteroatoms. The molecule has 2 amide bonds. The molecule has 2 aromatic carbocycles. The van der Waals surface area contributed by atoms with Crippen molar-refractivity contribution in [2.24, 2.45) is 11.0 Å². The Bertz CT molecular complexity index is 1140. The Balaban J connectivity index is 1.58. The van der Waals surface area contributed by atoms with Crippen LogP contribution in [0.1, 0.15) is 55.3 Å². The number of ether oxygens (including phenoxy) is 1. The van der Waals surface area contributed by atoms with Crippen molar-refractivity contribution in [3.63, 3.8) is 0 Å². The van der Waals surface area contributed by atoms with Crippen molar-refractivity contribution in [2.75, 3.05) is 13.7 Å². The van der Waals surface area contributed by atoms with E-state index < -0.39 is 24.1 Å². The zero-order chi connectivity index (χ0) is 24.8. The monoisotopic (exact) mass is 477 g/mol. The number of likely N-dealkylation sites (tertiary alicyclic amines) is 1. The standard InChI is InChI=1S/C26H31N5O4/c1-35-26(34)23-15-21(29-30-27)16-31(23)25(33)22(13-17-7-3-2-4-8-17)28-24(32)20-12-11-18-9-5-6-10-19(18)14-20/h5-6,9-12,14,17,21-23H,2-4,7-8,13,15-16H2,1H3,(H,28,32)/t21?,22-,23+/m1/s1. The average molecular weight is 478 g/mol. The van der Waals surface area contributed by atoms with Crippen molar-refractivity contribution in [1.29, 1.82) is 0 Å². The number of nitrogens with zero attached hydrogens (tertiary/aromatic N) is 4. The van der Waals surface area contributed by atoms with E-state index in [2.05, 4.69) is 15.3 Å². The number of rotatable bonds is 7. The Hall–Kier alpha value is -3.58. The number of carbonyl (C=O) groups is 3. The van der Waals surface area contributed by atoms with Crippen molar-refractivity contribution >= 4 is 28.6 Å². The highest BCUT2D eigenvalue weighted by Crippen LogP contribution is 2.30. The Labute approximate surface area is 204 Å². The van der Waals surface area contributed by atoms with Crippen molar-refractivity contribution in [2.45, 2.75) is 63.1 Å². The van der Waals surface area contributed by atoms with Gasteiger partial charge in [-0.25, -0.2) is 4.79 Å². The van der Waals surface area contributed by atoms with E-state index in [1.165, 1.54) is 18.4 Å². The van der Waals surface area contributed by atoms with Crippen LogP contribution < -0.4 is 5.32 Å². The molecule has 35 heavy (non-hydrogen) atoms. The normalized spacial score (nSPS) is 21.2. The zero-order valence-corrected chi connectivity index (χ0v) is 19.9. The molecular formula is C26H31N5O4. The Kier molecular flexibility index (Phi) is 7.87. The summed E-state index contributed by atoms with van der Waals surface area (Å²) in [6.45, 7) is 0.121. The molecule has 2 aromatic rings. The van der Waals surface area contributed by atoms with Crippen LogP contribution in [0.5, 0.6) is 0 Å². The van der Waals surface area contributed by atoms with Gasteiger partial charge in [0.1, 0.15) is 12.1 Å². The van der Waals surface area contributed by atoms with Gasteiger partial charge in [-0.3, -0.25) is 9.59 Å². The molecule has 2 aliphatic rings. The fourth-order valence-electron chi connectivity index (χ4n) is 5.32. The summed E-state index contributed by atoms with van der Waals surface area (Å²) in [5.74, 6) is -0.894. The topological polar surface area (TPSA) is 124 Å². The van der Waals surface area contributed by atoms with Gasteiger partial charge in [0.15, 0.2) is 0 Å². The highest BCUT2D eigenvalue weighted by Gasteiger charge is 2.42. The summed E-state index contributed by atoms with van der Waals surface area (Å²) in [4.78, 5) is 43.7. The quantitative estimate of drug-likeness (QED) is 0.275. The minimum atomic E-state index is -0.838. The van der Waals surface area contributed by atoms with E-state index in [1.807, 2.05) is 36.4 Å². The maximum absolute atomic E-state index is 13.7. The van der Waals surface area contributed by atoms with Gasteiger partial charge in [-0.05, 0) is 47.2 Å². The Morgan fingerprint density at radius 3 is 2.60 bits per heavy atom. The van der Waals surface area contributed by atoms with Gasteiger partial charge < -0.3 is 15.0 Å². The van der Waals surface area contributed by atoms with Crippen molar-refractivity contribution in [3.05, 3.63) is 58.5 Å². The number of hydrogen-bond donors (Lipinski definition) is 1. The molecule has 0 bridgehead atoms. The summed E-state index contributed by atoms with van der Waals surface area (Å²) in [6.07, 6.45) is 6.14. The van der Waals surface area contributed by atoms with Gasteiger partial charge in [0.25, 0.3) is 5.91 Å². The molecule has 1 aliphatic heterocycles. The third-order valence-corrected chi connectivity index (χ3v) is 7.16. The second-order valence-corrected chi connectivity index (χ2v) is 9.45. The van der Waals surface area contributed by atoms with Crippen molar-refractivity contribution < 1.29 is 19.1 Å². The smallest absolute Gasteiger partial charge is 0.328 e. The lowest BCUT2D eigenvalue weighted by molar-refractivity contribution is -0.151. The number of methoxy groups -OCH3 is 1. The molecule has 1 unspecified atom stereocenters. The predicted molar refractivity (Wildman–Crippen MR) is 131 cm³/mol. The van der Waals surface area contributed by atoms with Gasteiger partial charge in [0.2, 0.25) is 5.91 Å². The van der Waals surface area contributed by atoms with Gasteiger partial charge in [-0.15, -0.1) is 0 Å². The second-order valence-electron chi connectivity index (χ2n) is 9.45. The van der Waals surface area contributed by atoms with Crippen LogP contribution in [0.2, 0.25) is 0 Å². The minimum Gasteiger partial charge on any atom is -0.467 e. The zero-order valence-electron chi connectivity index (χ0n) is 19.9. The third-order valence-electron chi connectivity index (χ3n) is 7.16. The number of amides is 2. The van der Waals surface area contributed by atoms with E-state index in [0.29, 0.717) is 17.9 Å². The van der Waals surface area contributed by atoms with Crippen molar-refractivity contribution in [1.82, 2.24) is 10.2 Å². The van der Waals surface area contributed by atoms with Crippen molar-refractivity contribution in [3.8, 4) is 0 Å². The van der Waals surface area contributed by atoms with Crippen LogP contribution in [-0.2, 0) is 14.3 Å². The molecule has 0 aromatic heterocycles. The van der Waals surface area contributed by atoms with E-state index >= 15 is 0 Å². The van der Waals surface area contributed by atoms with Crippen LogP contribution in [0, 0.1) is 5.92 Å². The number of hydrogen-bond acceptors (Lipinski definition) is 5. The molecule has 3 atom stereocenters. The number of nitrogens with one attached hydrogen (secondary N) is 1. The molecule has 2 fully saturated rings. The molecule has 9 nitrogen and oxygen atoms in total. The van der Waals surface area contributed by atoms with Crippen LogP contribution in [0.25, 0.3) is 21.2 Å².